The number of benzene rings is 1. The van der Waals surface area contributed by atoms with Crippen molar-refractivity contribution in [1.29, 1.82) is 0 Å². The maximum Gasteiger partial charge on any atom is 0.239 e. The van der Waals surface area contributed by atoms with E-state index in [-0.39, 0.29) is 5.91 Å². The quantitative estimate of drug-likeness (QED) is 0.882. The van der Waals surface area contributed by atoms with Gasteiger partial charge in [-0.1, -0.05) is 6.07 Å². The van der Waals surface area contributed by atoms with Gasteiger partial charge in [0.2, 0.25) is 5.91 Å². The van der Waals surface area contributed by atoms with Crippen LogP contribution in [0, 0.1) is 6.92 Å². The Balaban J connectivity index is 2.54. The largest absolute Gasteiger partial charge is 0.375 e. The van der Waals surface area contributed by atoms with Crippen LogP contribution in [0.15, 0.2) is 22.7 Å². The maximum atomic E-state index is 11.2. The highest BCUT2D eigenvalue weighted by Crippen LogP contribution is 2.22. The molecule has 0 heterocycles. The molecule has 0 bridgehead atoms. The molecule has 0 spiro atoms. The summed E-state index contributed by atoms with van der Waals surface area (Å²) in [6.07, 6.45) is 0. The minimum atomic E-state index is 0.00461. The van der Waals surface area contributed by atoms with E-state index in [2.05, 4.69) is 26.6 Å². The monoisotopic (exact) mass is 270 g/mol. The predicted octanol–water partition coefficient (Wildman–Crippen LogP) is 2.31. The van der Waals surface area contributed by atoms with Crippen molar-refractivity contribution in [2.24, 2.45) is 0 Å². The third-order valence-electron chi connectivity index (χ3n) is 1.94. The van der Waals surface area contributed by atoms with Crippen LogP contribution >= 0.6 is 15.9 Å². The number of amides is 1. The van der Waals surface area contributed by atoms with E-state index < -0.39 is 0 Å². The van der Waals surface area contributed by atoms with Crippen LogP contribution in [0.5, 0.6) is 0 Å². The van der Waals surface area contributed by atoms with Crippen LogP contribution in [0.1, 0.15) is 12.5 Å². The number of anilines is 1. The Hall–Kier alpha value is -1.03. The Morgan fingerprint density at radius 2 is 2.20 bits per heavy atom. The van der Waals surface area contributed by atoms with Gasteiger partial charge in [-0.3, -0.25) is 4.79 Å². The second-order valence-corrected chi connectivity index (χ2v) is 4.14. The number of halogens is 1. The van der Waals surface area contributed by atoms with Crippen molar-refractivity contribution < 1.29 is 4.79 Å². The Morgan fingerprint density at radius 1 is 1.47 bits per heavy atom. The number of likely N-dealkylation sites (N-methyl/N-ethyl adjacent to an activating group) is 1. The summed E-state index contributed by atoms with van der Waals surface area (Å²) >= 11 is 3.44. The minimum absolute atomic E-state index is 0.00461. The Bertz CT molecular complexity index is 352. The second kappa shape index (κ2) is 5.75. The molecule has 2 N–H and O–H groups in total. The summed E-state index contributed by atoms with van der Waals surface area (Å²) in [4.78, 5) is 11.2. The number of aryl methyl sites for hydroxylation is 1. The molecule has 0 atom stereocenters. The molecule has 1 rings (SSSR count). The summed E-state index contributed by atoms with van der Waals surface area (Å²) in [7, 11) is 0. The van der Waals surface area contributed by atoms with E-state index in [0.717, 1.165) is 10.2 Å². The Kier molecular flexibility index (Phi) is 4.62. The average molecular weight is 271 g/mol. The van der Waals surface area contributed by atoms with E-state index in [1.807, 2.05) is 32.0 Å². The van der Waals surface area contributed by atoms with Crippen LogP contribution in [0.25, 0.3) is 0 Å². The van der Waals surface area contributed by atoms with Gasteiger partial charge in [0.25, 0.3) is 0 Å². The first-order chi connectivity index (χ1) is 7.13. The fraction of sp³-hybridized carbons (Fsp3) is 0.364. The minimum Gasteiger partial charge on any atom is -0.375 e. The van der Waals surface area contributed by atoms with Crippen molar-refractivity contribution >= 4 is 27.5 Å². The summed E-state index contributed by atoms with van der Waals surface area (Å²) in [5.41, 5.74) is 2.12. The summed E-state index contributed by atoms with van der Waals surface area (Å²) in [6, 6.07) is 5.98. The zero-order valence-electron chi connectivity index (χ0n) is 8.93. The van der Waals surface area contributed by atoms with Crippen molar-refractivity contribution in [3.63, 3.8) is 0 Å². The van der Waals surface area contributed by atoms with Gasteiger partial charge in [0.1, 0.15) is 0 Å². The third-order valence-corrected chi connectivity index (χ3v) is 2.59. The van der Waals surface area contributed by atoms with Crippen LogP contribution in [-0.4, -0.2) is 19.0 Å². The number of rotatable bonds is 4. The van der Waals surface area contributed by atoms with Crippen molar-refractivity contribution in [3.05, 3.63) is 28.2 Å². The number of carbonyl (C=O) groups is 1. The molecule has 0 saturated heterocycles. The van der Waals surface area contributed by atoms with Gasteiger partial charge in [0.15, 0.2) is 0 Å². The molecule has 0 fully saturated rings. The van der Waals surface area contributed by atoms with E-state index in [9.17, 15) is 4.79 Å². The number of hydrogen-bond acceptors (Lipinski definition) is 2. The molecule has 0 radical (unpaired) electrons. The zero-order valence-corrected chi connectivity index (χ0v) is 10.5. The average Bonchev–Trinajstić information content (AvgIpc) is 2.17. The highest BCUT2D eigenvalue weighted by molar-refractivity contribution is 9.10. The van der Waals surface area contributed by atoms with Crippen molar-refractivity contribution in [3.8, 4) is 0 Å². The van der Waals surface area contributed by atoms with E-state index in [1.165, 1.54) is 5.56 Å². The molecule has 1 aromatic rings. The molecule has 0 aliphatic rings. The molecule has 1 aromatic carbocycles. The lowest BCUT2D eigenvalue weighted by Gasteiger charge is -2.08. The Morgan fingerprint density at radius 3 is 2.80 bits per heavy atom. The molecule has 0 unspecified atom stereocenters. The van der Waals surface area contributed by atoms with Gasteiger partial charge in [-0.25, -0.2) is 0 Å². The molecule has 15 heavy (non-hydrogen) atoms. The first-order valence-corrected chi connectivity index (χ1v) is 5.69. The van der Waals surface area contributed by atoms with Gasteiger partial charge >= 0.3 is 0 Å². The normalized spacial score (nSPS) is 9.80. The van der Waals surface area contributed by atoms with Crippen molar-refractivity contribution in [2.45, 2.75) is 13.8 Å². The van der Waals surface area contributed by atoms with Crippen LogP contribution in [0.2, 0.25) is 0 Å². The first kappa shape index (κ1) is 12.0. The predicted molar refractivity (Wildman–Crippen MR) is 66.1 cm³/mol. The summed E-state index contributed by atoms with van der Waals surface area (Å²) < 4.78 is 0.979. The lowest BCUT2D eigenvalue weighted by atomic mass is 10.2. The molecule has 0 aromatic heterocycles. The number of nitrogens with one attached hydrogen (secondary N) is 2. The summed E-state index contributed by atoms with van der Waals surface area (Å²) in [6.45, 7) is 4.89. The number of carbonyl (C=O) groups excluding carboxylic acids is 1. The molecule has 4 heteroatoms. The molecular formula is C11H15BrN2O. The zero-order chi connectivity index (χ0) is 11.3. The Labute approximate surface area is 98.4 Å². The smallest absolute Gasteiger partial charge is 0.239 e. The lowest BCUT2D eigenvalue weighted by molar-refractivity contribution is -0.119. The molecule has 82 valence electrons. The SMILES string of the molecule is CCNC(=O)CNc1ccc(C)cc1Br. The topological polar surface area (TPSA) is 41.1 Å². The highest BCUT2D eigenvalue weighted by atomic mass is 79.9. The molecular weight excluding hydrogens is 256 g/mol. The standard InChI is InChI=1S/C11H15BrN2O/c1-3-13-11(15)7-14-10-5-4-8(2)6-9(10)12/h4-6,14H,3,7H2,1-2H3,(H,13,15). The number of hydrogen-bond donors (Lipinski definition) is 2. The van der Waals surface area contributed by atoms with Crippen LogP contribution in [0.4, 0.5) is 5.69 Å². The first-order valence-electron chi connectivity index (χ1n) is 4.90. The second-order valence-electron chi connectivity index (χ2n) is 3.29. The van der Waals surface area contributed by atoms with Crippen molar-refractivity contribution in [2.75, 3.05) is 18.4 Å². The van der Waals surface area contributed by atoms with Crippen LogP contribution in [-0.2, 0) is 4.79 Å². The molecule has 3 nitrogen and oxygen atoms in total. The highest BCUT2D eigenvalue weighted by Gasteiger charge is 2.02. The van der Waals surface area contributed by atoms with Crippen LogP contribution in [0.3, 0.4) is 0 Å². The fourth-order valence-corrected chi connectivity index (χ4v) is 1.83. The third kappa shape index (κ3) is 3.91. The van der Waals surface area contributed by atoms with Gasteiger partial charge in [-0.15, -0.1) is 0 Å². The molecule has 0 aliphatic heterocycles. The molecule has 1 amide bonds. The maximum absolute atomic E-state index is 11.2. The molecule has 0 saturated carbocycles. The summed E-state index contributed by atoms with van der Waals surface area (Å²) in [5, 5.41) is 5.80. The van der Waals surface area contributed by atoms with E-state index in [4.69, 9.17) is 0 Å². The van der Waals surface area contributed by atoms with Crippen molar-refractivity contribution in [1.82, 2.24) is 5.32 Å². The summed E-state index contributed by atoms with van der Waals surface area (Å²) in [5.74, 6) is 0.00461. The van der Waals surface area contributed by atoms with Gasteiger partial charge in [-0.05, 0) is 47.5 Å². The van der Waals surface area contributed by atoms with Crippen LogP contribution < -0.4 is 10.6 Å². The van der Waals surface area contributed by atoms with E-state index >= 15 is 0 Å². The van der Waals surface area contributed by atoms with Gasteiger partial charge < -0.3 is 10.6 Å². The van der Waals surface area contributed by atoms with Gasteiger partial charge in [-0.2, -0.15) is 0 Å². The van der Waals surface area contributed by atoms with Gasteiger partial charge in [0, 0.05) is 16.7 Å². The van der Waals surface area contributed by atoms with E-state index in [0.29, 0.717) is 13.1 Å². The lowest BCUT2D eigenvalue weighted by Crippen LogP contribution is -2.29. The van der Waals surface area contributed by atoms with Gasteiger partial charge in [0.05, 0.1) is 6.54 Å². The van der Waals surface area contributed by atoms with E-state index in [1.54, 1.807) is 0 Å². The molecule has 0 aliphatic carbocycles. The fourth-order valence-electron chi connectivity index (χ4n) is 1.20.